The summed E-state index contributed by atoms with van der Waals surface area (Å²) in [5.41, 5.74) is 1.70. The number of halogens is 2. The number of amides is 4. The fourth-order valence-corrected chi connectivity index (χ4v) is 8.23. The lowest BCUT2D eigenvalue weighted by Gasteiger charge is -2.50. The highest BCUT2D eigenvalue weighted by Gasteiger charge is 2.76. The monoisotopic (exact) mass is 598 g/mol. The number of rotatable bonds is 5. The van der Waals surface area contributed by atoms with Gasteiger partial charge in [0.15, 0.2) is 21.2 Å². The molecule has 9 nitrogen and oxygen atoms in total. The lowest BCUT2D eigenvalue weighted by atomic mass is 9.56. The van der Waals surface area contributed by atoms with Crippen molar-refractivity contribution in [3.8, 4) is 17.2 Å². The molecule has 214 valence electrons. The van der Waals surface area contributed by atoms with Crippen LogP contribution in [0, 0.1) is 17.8 Å². The van der Waals surface area contributed by atoms with E-state index in [0.29, 0.717) is 12.0 Å². The molecule has 0 aromatic heterocycles. The van der Waals surface area contributed by atoms with E-state index >= 15 is 0 Å². The molecule has 1 saturated carbocycles. The summed E-state index contributed by atoms with van der Waals surface area (Å²) in [6, 6.07) is 11.3. The number of hydrogen-bond acceptors (Lipinski definition) is 7. The Balaban J connectivity index is 1.43. The maximum absolute atomic E-state index is 13.9. The van der Waals surface area contributed by atoms with Gasteiger partial charge in [-0.3, -0.25) is 29.0 Å². The number of likely N-dealkylation sites (tertiary alicyclic amines) is 2. The minimum atomic E-state index is -1.98. The van der Waals surface area contributed by atoms with E-state index in [-0.39, 0.29) is 54.0 Å². The third kappa shape index (κ3) is 3.68. The smallest absolute Gasteiger partial charge is 0.253 e. The number of ether oxygens (including phenoxy) is 1. The van der Waals surface area contributed by atoms with Gasteiger partial charge in [-0.25, -0.2) is 0 Å². The van der Waals surface area contributed by atoms with Crippen molar-refractivity contribution in [3.63, 3.8) is 0 Å². The van der Waals surface area contributed by atoms with E-state index < -0.39 is 45.2 Å². The number of para-hydroxylation sites is 1. The number of hydrogen-bond donors (Lipinski definition) is 2. The summed E-state index contributed by atoms with van der Waals surface area (Å²) in [6.45, 7) is 0.156. The quantitative estimate of drug-likeness (QED) is 0.307. The Kier molecular flexibility index (Phi) is 6.39. The molecule has 2 aliphatic heterocycles. The summed E-state index contributed by atoms with van der Waals surface area (Å²) in [5, 5.41) is 20.7. The summed E-state index contributed by atoms with van der Waals surface area (Å²) < 4.78 is 5.31. The maximum Gasteiger partial charge on any atom is 0.253 e. The van der Waals surface area contributed by atoms with Gasteiger partial charge in [0.25, 0.3) is 11.8 Å². The molecule has 2 saturated heterocycles. The number of phenolic OH excluding ortho intramolecular Hbond substituents is 2. The van der Waals surface area contributed by atoms with Crippen molar-refractivity contribution in [1.29, 1.82) is 0 Å². The topological polar surface area (TPSA) is 124 Å². The number of imide groups is 2. The van der Waals surface area contributed by atoms with Crippen molar-refractivity contribution >= 4 is 46.8 Å². The minimum absolute atomic E-state index is 0.119. The average molecular weight is 599 g/mol. The fourth-order valence-electron chi connectivity index (χ4n) is 7.22. The third-order valence-electron chi connectivity index (χ3n) is 9.23. The summed E-state index contributed by atoms with van der Waals surface area (Å²) in [5.74, 6) is -5.21. The Morgan fingerprint density at radius 3 is 2.37 bits per heavy atom. The Hall–Kier alpha value is -3.56. The number of nitrogens with zero attached hydrogens (tertiary/aromatic N) is 2. The summed E-state index contributed by atoms with van der Waals surface area (Å²) in [4.78, 5) is 52.9. The predicted molar refractivity (Wildman–Crippen MR) is 149 cm³/mol. The summed E-state index contributed by atoms with van der Waals surface area (Å²) in [7, 11) is 2.71. The van der Waals surface area contributed by atoms with Crippen molar-refractivity contribution in [2.24, 2.45) is 17.8 Å². The normalized spacial score (nSPS) is 32.5. The zero-order chi connectivity index (χ0) is 29.4. The fraction of sp³-hybridized carbons (Fsp3) is 0.400. The standard InChI is InChI=1S/C30H28Cl2N2O7/c1-33-27(39)29(31)14-20-17(23(30(29,32)28(33)40)19-4-3-5-21(41-2)24(19)36)10-11-18-22(20)26(38)34(25(18)37)13-12-15-6-8-16(35)9-7-15/h3-10,18,20,22-23,35-36H,11-14H2,1-2H3/t18-,20+,22-,23+,29+,30-/m0/s1. The molecule has 3 fully saturated rings. The van der Waals surface area contributed by atoms with Crippen molar-refractivity contribution in [1.82, 2.24) is 9.80 Å². The van der Waals surface area contributed by atoms with Gasteiger partial charge in [0.05, 0.1) is 18.9 Å². The van der Waals surface area contributed by atoms with Crippen LogP contribution in [0.2, 0.25) is 0 Å². The lowest BCUT2D eigenvalue weighted by molar-refractivity contribution is -0.141. The molecule has 2 N–H and O–H groups in total. The van der Waals surface area contributed by atoms with Gasteiger partial charge in [-0.15, -0.1) is 23.2 Å². The minimum Gasteiger partial charge on any atom is -0.508 e. The molecule has 11 heteroatoms. The first-order chi connectivity index (χ1) is 19.5. The van der Waals surface area contributed by atoms with Gasteiger partial charge in [0.2, 0.25) is 11.8 Å². The number of phenols is 2. The molecule has 2 heterocycles. The van der Waals surface area contributed by atoms with Crippen LogP contribution < -0.4 is 4.74 Å². The Labute approximate surface area is 246 Å². The molecule has 0 bridgehead atoms. The molecule has 4 amide bonds. The zero-order valence-electron chi connectivity index (χ0n) is 22.3. The van der Waals surface area contributed by atoms with Gasteiger partial charge >= 0.3 is 0 Å². The van der Waals surface area contributed by atoms with Gasteiger partial charge in [-0.05, 0) is 48.9 Å². The molecular weight excluding hydrogens is 571 g/mol. The molecule has 0 radical (unpaired) electrons. The Bertz CT molecular complexity index is 1530. The molecule has 6 atom stereocenters. The molecule has 41 heavy (non-hydrogen) atoms. The first kappa shape index (κ1) is 27.6. The van der Waals surface area contributed by atoms with Crippen LogP contribution in [0.4, 0.5) is 0 Å². The largest absolute Gasteiger partial charge is 0.508 e. The Morgan fingerprint density at radius 1 is 0.976 bits per heavy atom. The van der Waals surface area contributed by atoms with Crippen molar-refractivity contribution in [2.75, 3.05) is 20.7 Å². The highest BCUT2D eigenvalue weighted by Crippen LogP contribution is 2.66. The van der Waals surface area contributed by atoms with Crippen LogP contribution in [-0.2, 0) is 25.6 Å². The summed E-state index contributed by atoms with van der Waals surface area (Å²) >= 11 is 14.3. The van der Waals surface area contributed by atoms with E-state index in [9.17, 15) is 29.4 Å². The second kappa shape index (κ2) is 9.49. The first-order valence-corrected chi connectivity index (χ1v) is 14.1. The van der Waals surface area contributed by atoms with Gasteiger partial charge in [0, 0.05) is 25.1 Å². The number of methoxy groups -OCH3 is 1. The van der Waals surface area contributed by atoms with Gasteiger partial charge in [-0.2, -0.15) is 0 Å². The van der Waals surface area contributed by atoms with Crippen molar-refractivity contribution in [2.45, 2.75) is 34.9 Å². The molecule has 2 aliphatic carbocycles. The van der Waals surface area contributed by atoms with Gasteiger partial charge < -0.3 is 14.9 Å². The summed E-state index contributed by atoms with van der Waals surface area (Å²) in [6.07, 6.45) is 2.34. The van der Waals surface area contributed by atoms with Gasteiger partial charge in [-0.1, -0.05) is 35.9 Å². The number of fused-ring (bicyclic) bond motifs is 4. The molecule has 4 aliphatic rings. The third-order valence-corrected chi connectivity index (χ3v) is 10.6. The van der Waals surface area contributed by atoms with E-state index in [0.717, 1.165) is 10.5 Å². The number of allylic oxidation sites excluding steroid dienone is 2. The van der Waals surface area contributed by atoms with Crippen LogP contribution >= 0.6 is 23.2 Å². The highest BCUT2D eigenvalue weighted by molar-refractivity contribution is 6.53. The van der Waals surface area contributed by atoms with Crippen molar-refractivity contribution in [3.05, 3.63) is 65.2 Å². The molecule has 2 aromatic carbocycles. The van der Waals surface area contributed by atoms with Gasteiger partial charge in [0.1, 0.15) is 5.75 Å². The van der Waals surface area contributed by atoms with Crippen LogP contribution in [-0.4, -0.2) is 74.1 Å². The Morgan fingerprint density at radius 2 is 1.68 bits per heavy atom. The molecule has 0 unspecified atom stereocenters. The van der Waals surface area contributed by atoms with E-state index in [4.69, 9.17) is 27.9 Å². The van der Waals surface area contributed by atoms with Crippen LogP contribution in [0.3, 0.4) is 0 Å². The zero-order valence-corrected chi connectivity index (χ0v) is 23.9. The van der Waals surface area contributed by atoms with Crippen molar-refractivity contribution < 1.29 is 34.1 Å². The number of aromatic hydroxyl groups is 2. The predicted octanol–water partition coefficient (Wildman–Crippen LogP) is 3.34. The number of benzene rings is 2. The SMILES string of the molecule is COc1cccc([C@H]2C3=CC[C@@H]4C(=O)N(CCc5ccc(O)cc5)C(=O)[C@@H]4[C@@H]3C[C@@]3(Cl)C(=O)N(C)C(=O)[C@@]23Cl)c1O. The lowest BCUT2D eigenvalue weighted by Crippen LogP contribution is -2.60. The van der Waals surface area contributed by atoms with Crippen LogP contribution in [0.25, 0.3) is 0 Å². The molecule has 0 spiro atoms. The van der Waals surface area contributed by atoms with Crippen LogP contribution in [0.1, 0.15) is 29.9 Å². The number of alkyl halides is 2. The average Bonchev–Trinajstić information content (AvgIpc) is 3.27. The maximum atomic E-state index is 13.9. The van der Waals surface area contributed by atoms with E-state index in [1.54, 1.807) is 42.5 Å². The van der Waals surface area contributed by atoms with Crippen LogP contribution in [0.15, 0.2) is 54.1 Å². The van der Waals surface area contributed by atoms with Crippen LogP contribution in [0.5, 0.6) is 17.2 Å². The molecular formula is C30H28Cl2N2O7. The number of carbonyl (C=O) groups excluding carboxylic acids is 4. The first-order valence-electron chi connectivity index (χ1n) is 13.3. The number of carbonyl (C=O) groups is 4. The van der Waals surface area contributed by atoms with E-state index in [2.05, 4.69) is 0 Å². The molecule has 6 rings (SSSR count). The molecule has 2 aromatic rings. The second-order valence-corrected chi connectivity index (χ2v) is 12.4. The van der Waals surface area contributed by atoms with E-state index in [1.165, 1.54) is 19.1 Å². The second-order valence-electron chi connectivity index (χ2n) is 11.1. The van der Waals surface area contributed by atoms with E-state index in [1.807, 2.05) is 6.08 Å². The highest BCUT2D eigenvalue weighted by atomic mass is 35.5.